The van der Waals surface area contributed by atoms with Crippen LogP contribution < -0.4 is 10.5 Å². The molecule has 0 aromatic heterocycles. The smallest absolute Gasteiger partial charge is 0.257 e. The Morgan fingerprint density at radius 3 is 2.57 bits per heavy atom. The van der Waals surface area contributed by atoms with E-state index in [1.807, 2.05) is 18.2 Å². The Morgan fingerprint density at radius 1 is 1.19 bits per heavy atom. The van der Waals surface area contributed by atoms with Gasteiger partial charge in [0.15, 0.2) is 0 Å². The van der Waals surface area contributed by atoms with Crippen molar-refractivity contribution in [3.05, 3.63) is 59.7 Å². The molecular weight excluding hydrogens is 264 g/mol. The van der Waals surface area contributed by atoms with Crippen molar-refractivity contribution in [1.29, 1.82) is 0 Å². The van der Waals surface area contributed by atoms with Gasteiger partial charge in [0.05, 0.1) is 12.7 Å². The van der Waals surface area contributed by atoms with E-state index in [1.165, 1.54) is 5.56 Å². The molecule has 2 aromatic carbocycles. The maximum Gasteiger partial charge on any atom is 0.257 e. The number of rotatable bonds is 5. The lowest BCUT2D eigenvalue weighted by Gasteiger charge is -2.19. The van der Waals surface area contributed by atoms with Gasteiger partial charge in [0, 0.05) is 19.3 Å². The van der Waals surface area contributed by atoms with E-state index in [2.05, 4.69) is 12.1 Å². The lowest BCUT2D eigenvalue weighted by Crippen LogP contribution is -2.29. The maximum absolute atomic E-state index is 12.5. The Kier molecular flexibility index (Phi) is 4.82. The van der Waals surface area contributed by atoms with Crippen LogP contribution in [0.25, 0.3) is 0 Å². The standard InChI is InChI=1S/C17H20N2O2/c1-19(11-10-13-6-4-3-5-7-13)17(20)15-12-14(18)8-9-16(15)21-2/h3-9,12H,10-11,18H2,1-2H3. The second kappa shape index (κ2) is 6.79. The molecule has 2 aromatic rings. The third-order valence-electron chi connectivity index (χ3n) is 3.38. The van der Waals surface area contributed by atoms with Crippen molar-refractivity contribution in [2.75, 3.05) is 26.4 Å². The number of likely N-dealkylation sites (N-methyl/N-ethyl adjacent to an activating group) is 1. The fraction of sp³-hybridized carbons (Fsp3) is 0.235. The first kappa shape index (κ1) is 14.9. The van der Waals surface area contributed by atoms with E-state index in [-0.39, 0.29) is 5.91 Å². The number of ether oxygens (including phenoxy) is 1. The number of nitrogens with two attached hydrogens (primary N) is 1. The largest absolute Gasteiger partial charge is 0.496 e. The van der Waals surface area contributed by atoms with E-state index in [4.69, 9.17) is 10.5 Å². The molecule has 0 aliphatic carbocycles. The molecule has 0 bridgehead atoms. The van der Waals surface area contributed by atoms with Crippen LogP contribution in [-0.2, 0) is 6.42 Å². The van der Waals surface area contributed by atoms with E-state index < -0.39 is 0 Å². The first-order valence-electron chi connectivity index (χ1n) is 6.84. The summed E-state index contributed by atoms with van der Waals surface area (Å²) in [6.07, 6.45) is 0.813. The van der Waals surface area contributed by atoms with E-state index >= 15 is 0 Å². The number of benzene rings is 2. The summed E-state index contributed by atoms with van der Waals surface area (Å²) in [5.74, 6) is 0.454. The molecule has 4 heteroatoms. The molecule has 4 nitrogen and oxygen atoms in total. The zero-order valence-corrected chi connectivity index (χ0v) is 12.4. The third kappa shape index (κ3) is 3.75. The molecule has 1 amide bonds. The number of hydrogen-bond acceptors (Lipinski definition) is 3. The van der Waals surface area contributed by atoms with E-state index in [0.29, 0.717) is 23.5 Å². The molecule has 110 valence electrons. The number of nitrogens with zero attached hydrogens (tertiary/aromatic N) is 1. The van der Waals surface area contributed by atoms with Gasteiger partial charge in [-0.15, -0.1) is 0 Å². The molecule has 21 heavy (non-hydrogen) atoms. The van der Waals surface area contributed by atoms with Crippen molar-refractivity contribution in [2.45, 2.75) is 6.42 Å². The molecule has 2 rings (SSSR count). The topological polar surface area (TPSA) is 55.6 Å². The van der Waals surface area contributed by atoms with Crippen LogP contribution in [0.5, 0.6) is 5.75 Å². The first-order valence-corrected chi connectivity index (χ1v) is 6.84. The van der Waals surface area contributed by atoms with Gasteiger partial charge in [0.1, 0.15) is 5.75 Å². The number of carbonyl (C=O) groups is 1. The second-order valence-electron chi connectivity index (χ2n) is 4.92. The zero-order valence-electron chi connectivity index (χ0n) is 12.4. The zero-order chi connectivity index (χ0) is 15.2. The minimum atomic E-state index is -0.0879. The van der Waals surface area contributed by atoms with Gasteiger partial charge in [-0.05, 0) is 30.2 Å². The second-order valence-corrected chi connectivity index (χ2v) is 4.92. The highest BCUT2D eigenvalue weighted by atomic mass is 16.5. The fourth-order valence-electron chi connectivity index (χ4n) is 2.14. The summed E-state index contributed by atoms with van der Waals surface area (Å²) >= 11 is 0. The third-order valence-corrected chi connectivity index (χ3v) is 3.38. The molecular formula is C17H20N2O2. The predicted octanol–water partition coefficient (Wildman–Crippen LogP) is 2.59. The van der Waals surface area contributed by atoms with Crippen LogP contribution >= 0.6 is 0 Å². The Labute approximate surface area is 125 Å². The van der Waals surface area contributed by atoms with Crippen LogP contribution in [0, 0.1) is 0 Å². The van der Waals surface area contributed by atoms with E-state index in [9.17, 15) is 4.79 Å². The molecule has 0 atom stereocenters. The molecule has 0 saturated heterocycles. The van der Waals surface area contributed by atoms with Crippen molar-refractivity contribution in [3.8, 4) is 5.75 Å². The van der Waals surface area contributed by atoms with Crippen LogP contribution in [0.4, 0.5) is 5.69 Å². The van der Waals surface area contributed by atoms with Crippen LogP contribution in [-0.4, -0.2) is 31.5 Å². The number of anilines is 1. The van der Waals surface area contributed by atoms with Gasteiger partial charge in [-0.2, -0.15) is 0 Å². The number of nitrogen functional groups attached to an aromatic ring is 1. The molecule has 0 fully saturated rings. The summed E-state index contributed by atoms with van der Waals surface area (Å²) in [6.45, 7) is 0.640. The fourth-order valence-corrected chi connectivity index (χ4v) is 2.14. The molecule has 0 heterocycles. The lowest BCUT2D eigenvalue weighted by atomic mass is 10.1. The molecule has 0 aliphatic heterocycles. The van der Waals surface area contributed by atoms with Crippen molar-refractivity contribution in [3.63, 3.8) is 0 Å². The highest BCUT2D eigenvalue weighted by Gasteiger charge is 2.16. The lowest BCUT2D eigenvalue weighted by molar-refractivity contribution is 0.0793. The minimum absolute atomic E-state index is 0.0879. The molecule has 0 aliphatic rings. The summed E-state index contributed by atoms with van der Waals surface area (Å²) in [5, 5.41) is 0. The molecule has 0 spiro atoms. The van der Waals surface area contributed by atoms with Gasteiger partial charge in [0.25, 0.3) is 5.91 Å². The Morgan fingerprint density at radius 2 is 1.90 bits per heavy atom. The molecule has 2 N–H and O–H groups in total. The number of amides is 1. The first-order chi connectivity index (χ1) is 10.1. The Bertz CT molecular complexity index is 611. The predicted molar refractivity (Wildman–Crippen MR) is 84.5 cm³/mol. The van der Waals surface area contributed by atoms with Gasteiger partial charge in [-0.3, -0.25) is 4.79 Å². The number of methoxy groups -OCH3 is 1. The molecule has 0 unspecified atom stereocenters. The number of hydrogen-bond donors (Lipinski definition) is 1. The Balaban J connectivity index is 2.07. The number of carbonyl (C=O) groups excluding carboxylic acids is 1. The van der Waals surface area contributed by atoms with Crippen LogP contribution in [0.1, 0.15) is 15.9 Å². The van der Waals surface area contributed by atoms with Gasteiger partial charge >= 0.3 is 0 Å². The summed E-state index contributed by atoms with van der Waals surface area (Å²) in [6, 6.07) is 15.2. The van der Waals surface area contributed by atoms with Gasteiger partial charge in [-0.1, -0.05) is 30.3 Å². The summed E-state index contributed by atoms with van der Waals surface area (Å²) < 4.78 is 5.23. The van der Waals surface area contributed by atoms with E-state index in [1.54, 1.807) is 37.3 Å². The van der Waals surface area contributed by atoms with Crippen molar-refractivity contribution >= 4 is 11.6 Å². The molecule has 0 saturated carbocycles. The average Bonchev–Trinajstić information content (AvgIpc) is 2.52. The van der Waals surface area contributed by atoms with Crippen LogP contribution in [0.3, 0.4) is 0 Å². The summed E-state index contributed by atoms with van der Waals surface area (Å²) in [7, 11) is 3.33. The monoisotopic (exact) mass is 284 g/mol. The maximum atomic E-state index is 12.5. The van der Waals surface area contributed by atoms with E-state index in [0.717, 1.165) is 6.42 Å². The van der Waals surface area contributed by atoms with Gasteiger partial charge in [-0.25, -0.2) is 0 Å². The average molecular weight is 284 g/mol. The normalized spacial score (nSPS) is 10.2. The van der Waals surface area contributed by atoms with Gasteiger partial charge < -0.3 is 15.4 Å². The summed E-state index contributed by atoms with van der Waals surface area (Å²) in [5.41, 5.74) is 8.01. The van der Waals surface area contributed by atoms with Crippen LogP contribution in [0.15, 0.2) is 48.5 Å². The van der Waals surface area contributed by atoms with Gasteiger partial charge in [0.2, 0.25) is 0 Å². The van der Waals surface area contributed by atoms with Crippen molar-refractivity contribution in [2.24, 2.45) is 0 Å². The molecule has 0 radical (unpaired) electrons. The minimum Gasteiger partial charge on any atom is -0.496 e. The highest BCUT2D eigenvalue weighted by molar-refractivity contribution is 5.97. The highest BCUT2D eigenvalue weighted by Crippen LogP contribution is 2.22. The quantitative estimate of drug-likeness (QED) is 0.859. The van der Waals surface area contributed by atoms with Crippen molar-refractivity contribution < 1.29 is 9.53 Å². The summed E-state index contributed by atoms with van der Waals surface area (Å²) in [4.78, 5) is 14.2. The SMILES string of the molecule is COc1ccc(N)cc1C(=O)N(C)CCc1ccccc1. The Hall–Kier alpha value is -2.49. The van der Waals surface area contributed by atoms with Crippen LogP contribution in [0.2, 0.25) is 0 Å². The van der Waals surface area contributed by atoms with Crippen molar-refractivity contribution in [1.82, 2.24) is 4.90 Å².